The Hall–Kier alpha value is -3.20. The zero-order valence-corrected chi connectivity index (χ0v) is 15.8. The van der Waals surface area contributed by atoms with Crippen LogP contribution in [0.3, 0.4) is 0 Å². The highest BCUT2D eigenvalue weighted by Crippen LogP contribution is 2.29. The third-order valence-corrected chi connectivity index (χ3v) is 4.20. The minimum atomic E-state index is -0.547. The van der Waals surface area contributed by atoms with E-state index in [0.717, 1.165) is 0 Å². The number of nitro benzene ring substituents is 1. The molecular formula is C19H22FN3O5. The first-order valence-corrected chi connectivity index (χ1v) is 8.53. The molecule has 0 fully saturated rings. The molecule has 0 saturated carbocycles. The molecule has 0 radical (unpaired) electrons. The summed E-state index contributed by atoms with van der Waals surface area (Å²) in [5.74, 6) is -0.00775. The zero-order chi connectivity index (χ0) is 20.7. The van der Waals surface area contributed by atoms with E-state index in [9.17, 15) is 19.3 Å². The van der Waals surface area contributed by atoms with E-state index in [4.69, 9.17) is 9.47 Å². The molecule has 150 valence electrons. The van der Waals surface area contributed by atoms with Crippen molar-refractivity contribution in [2.75, 3.05) is 32.6 Å². The molecule has 0 aliphatic carbocycles. The number of nitro groups is 1. The highest BCUT2D eigenvalue weighted by molar-refractivity contribution is 5.96. The number of benzene rings is 2. The minimum absolute atomic E-state index is 0.152. The average Bonchev–Trinajstić information content (AvgIpc) is 2.67. The Kier molecular flexibility index (Phi) is 7.28. The van der Waals surface area contributed by atoms with Gasteiger partial charge in [-0.05, 0) is 32.2 Å². The molecule has 2 aromatic carbocycles. The van der Waals surface area contributed by atoms with Gasteiger partial charge in [-0.2, -0.15) is 0 Å². The normalized spacial score (nSPS) is 11.8. The summed E-state index contributed by atoms with van der Waals surface area (Å²) in [5.41, 5.74) is 0.0681. The molecule has 0 aliphatic rings. The third kappa shape index (κ3) is 5.65. The highest BCUT2D eigenvalue weighted by Gasteiger charge is 2.20. The minimum Gasteiger partial charge on any atom is -0.495 e. The second-order valence-corrected chi connectivity index (χ2v) is 6.09. The number of halogens is 1. The Balaban J connectivity index is 1.94. The molecular weight excluding hydrogens is 369 g/mol. The second kappa shape index (κ2) is 9.65. The number of ether oxygens (including phenoxy) is 2. The largest absolute Gasteiger partial charge is 0.495 e. The van der Waals surface area contributed by atoms with Crippen LogP contribution < -0.4 is 14.8 Å². The van der Waals surface area contributed by atoms with Crippen molar-refractivity contribution < 1.29 is 23.6 Å². The first-order valence-electron chi connectivity index (χ1n) is 8.53. The number of carbonyl (C=O) groups is 1. The summed E-state index contributed by atoms with van der Waals surface area (Å²) < 4.78 is 23.8. The maximum Gasteiger partial charge on any atom is 0.271 e. The Bertz CT molecular complexity index is 846. The Morgan fingerprint density at radius 1 is 1.32 bits per heavy atom. The molecule has 0 aromatic heterocycles. The Morgan fingerprint density at radius 3 is 2.71 bits per heavy atom. The van der Waals surface area contributed by atoms with E-state index in [1.54, 1.807) is 31.0 Å². The predicted octanol–water partition coefficient (Wildman–Crippen LogP) is 3.08. The fraction of sp³-hybridized carbons (Fsp3) is 0.316. The molecule has 1 amide bonds. The van der Waals surface area contributed by atoms with Crippen molar-refractivity contribution in [2.45, 2.75) is 13.0 Å². The quantitative estimate of drug-likeness (QED) is 0.522. The molecule has 0 bridgehead atoms. The molecule has 0 spiro atoms. The van der Waals surface area contributed by atoms with Crippen molar-refractivity contribution in [3.05, 3.63) is 58.4 Å². The molecule has 9 heteroatoms. The standard InChI is InChI=1S/C19H22FN3O5/c1-13(22(2)9-10-28-16-6-4-5-14(20)11-16)19(24)21-17-12-15(23(25)26)7-8-18(17)27-3/h4-8,11-13H,9-10H2,1-3H3,(H,21,24). The SMILES string of the molecule is COc1ccc([N+](=O)[O-])cc1NC(=O)C(C)N(C)CCOc1cccc(F)c1. The lowest BCUT2D eigenvalue weighted by Gasteiger charge is -2.24. The lowest BCUT2D eigenvalue weighted by Crippen LogP contribution is -2.41. The van der Waals surface area contributed by atoms with E-state index in [1.165, 1.54) is 37.4 Å². The van der Waals surface area contributed by atoms with Gasteiger partial charge in [0, 0.05) is 24.7 Å². The van der Waals surface area contributed by atoms with Crippen LogP contribution in [0.25, 0.3) is 0 Å². The number of amides is 1. The van der Waals surface area contributed by atoms with Crippen LogP contribution in [0.15, 0.2) is 42.5 Å². The molecule has 2 rings (SSSR count). The average molecular weight is 391 g/mol. The summed E-state index contributed by atoms with van der Waals surface area (Å²) in [5, 5.41) is 13.6. The van der Waals surface area contributed by atoms with Gasteiger partial charge in [0.15, 0.2) is 0 Å². The van der Waals surface area contributed by atoms with Crippen LogP contribution in [0, 0.1) is 15.9 Å². The first-order chi connectivity index (χ1) is 13.3. The van der Waals surface area contributed by atoms with Crippen LogP contribution in [0.4, 0.5) is 15.8 Å². The van der Waals surface area contributed by atoms with Gasteiger partial charge >= 0.3 is 0 Å². The van der Waals surface area contributed by atoms with Gasteiger partial charge in [0.1, 0.15) is 23.9 Å². The van der Waals surface area contributed by atoms with Gasteiger partial charge in [-0.3, -0.25) is 19.8 Å². The monoisotopic (exact) mass is 391 g/mol. The van der Waals surface area contributed by atoms with Crippen LogP contribution in [0.2, 0.25) is 0 Å². The van der Waals surface area contributed by atoms with Crippen LogP contribution in [-0.4, -0.2) is 49.1 Å². The number of carbonyl (C=O) groups excluding carboxylic acids is 1. The van der Waals surface area contributed by atoms with Gasteiger partial charge in [0.25, 0.3) is 5.69 Å². The first kappa shape index (κ1) is 21.1. The van der Waals surface area contributed by atoms with E-state index in [1.807, 2.05) is 0 Å². The van der Waals surface area contributed by atoms with Crippen LogP contribution in [0.5, 0.6) is 11.5 Å². The fourth-order valence-electron chi connectivity index (χ4n) is 2.40. The number of hydrogen-bond donors (Lipinski definition) is 1. The van der Waals surface area contributed by atoms with Gasteiger partial charge in [-0.15, -0.1) is 0 Å². The van der Waals surface area contributed by atoms with E-state index >= 15 is 0 Å². The molecule has 1 N–H and O–H groups in total. The maximum absolute atomic E-state index is 13.1. The number of nitrogens with one attached hydrogen (secondary N) is 1. The van der Waals surface area contributed by atoms with Crippen molar-refractivity contribution in [3.8, 4) is 11.5 Å². The number of methoxy groups -OCH3 is 1. The molecule has 0 heterocycles. The lowest BCUT2D eigenvalue weighted by atomic mass is 10.2. The second-order valence-electron chi connectivity index (χ2n) is 6.09. The predicted molar refractivity (Wildman–Crippen MR) is 102 cm³/mol. The van der Waals surface area contributed by atoms with Crippen molar-refractivity contribution in [2.24, 2.45) is 0 Å². The molecule has 0 aliphatic heterocycles. The maximum atomic E-state index is 13.1. The number of rotatable bonds is 9. The van der Waals surface area contributed by atoms with E-state index in [-0.39, 0.29) is 29.7 Å². The summed E-state index contributed by atoms with van der Waals surface area (Å²) in [6.45, 7) is 2.37. The molecule has 28 heavy (non-hydrogen) atoms. The molecule has 8 nitrogen and oxygen atoms in total. The Labute approximate surface area is 162 Å². The van der Waals surface area contributed by atoms with Crippen molar-refractivity contribution in [1.29, 1.82) is 0 Å². The van der Waals surface area contributed by atoms with E-state index in [0.29, 0.717) is 18.0 Å². The number of anilines is 1. The van der Waals surface area contributed by atoms with Gasteiger partial charge in [-0.25, -0.2) is 4.39 Å². The van der Waals surface area contributed by atoms with Gasteiger partial charge in [-0.1, -0.05) is 6.07 Å². The molecule has 0 saturated heterocycles. The summed E-state index contributed by atoms with van der Waals surface area (Å²) in [6, 6.07) is 9.24. The summed E-state index contributed by atoms with van der Waals surface area (Å²) in [7, 11) is 3.15. The van der Waals surface area contributed by atoms with E-state index < -0.39 is 11.0 Å². The number of hydrogen-bond acceptors (Lipinski definition) is 6. The van der Waals surface area contributed by atoms with Crippen LogP contribution in [0.1, 0.15) is 6.92 Å². The van der Waals surface area contributed by atoms with Crippen molar-refractivity contribution >= 4 is 17.3 Å². The summed E-state index contributed by atoms with van der Waals surface area (Å²) in [4.78, 5) is 24.7. The topological polar surface area (TPSA) is 93.9 Å². The highest BCUT2D eigenvalue weighted by atomic mass is 19.1. The van der Waals surface area contributed by atoms with Gasteiger partial charge in [0.05, 0.1) is 23.8 Å². The smallest absolute Gasteiger partial charge is 0.271 e. The molecule has 2 aromatic rings. The van der Waals surface area contributed by atoms with Gasteiger partial charge < -0.3 is 14.8 Å². The van der Waals surface area contributed by atoms with E-state index in [2.05, 4.69) is 5.32 Å². The zero-order valence-electron chi connectivity index (χ0n) is 15.8. The third-order valence-electron chi connectivity index (χ3n) is 4.20. The fourth-order valence-corrected chi connectivity index (χ4v) is 2.40. The number of likely N-dealkylation sites (N-methyl/N-ethyl adjacent to an activating group) is 1. The summed E-state index contributed by atoms with van der Waals surface area (Å²) in [6.07, 6.45) is 0. The van der Waals surface area contributed by atoms with Crippen LogP contribution >= 0.6 is 0 Å². The number of non-ortho nitro benzene ring substituents is 1. The Morgan fingerprint density at radius 2 is 2.07 bits per heavy atom. The number of nitrogens with zero attached hydrogens (tertiary/aromatic N) is 2. The van der Waals surface area contributed by atoms with Crippen molar-refractivity contribution in [3.63, 3.8) is 0 Å². The van der Waals surface area contributed by atoms with Gasteiger partial charge in [0.2, 0.25) is 5.91 Å². The molecule has 1 atom stereocenters. The van der Waals surface area contributed by atoms with Crippen LogP contribution in [-0.2, 0) is 4.79 Å². The summed E-state index contributed by atoms with van der Waals surface area (Å²) >= 11 is 0. The lowest BCUT2D eigenvalue weighted by molar-refractivity contribution is -0.384. The van der Waals surface area contributed by atoms with Crippen molar-refractivity contribution in [1.82, 2.24) is 4.90 Å². The molecule has 1 unspecified atom stereocenters.